The largest absolute Gasteiger partial charge is 0.392 e. The van der Waals surface area contributed by atoms with Gasteiger partial charge in [0.05, 0.1) is 6.10 Å². The van der Waals surface area contributed by atoms with Crippen LogP contribution in [0.25, 0.3) is 0 Å². The van der Waals surface area contributed by atoms with Gasteiger partial charge in [-0.3, -0.25) is 0 Å². The van der Waals surface area contributed by atoms with E-state index in [1.807, 2.05) is 25.1 Å². The molecule has 0 aromatic heterocycles. The summed E-state index contributed by atoms with van der Waals surface area (Å²) in [4.78, 5) is 0. The van der Waals surface area contributed by atoms with Crippen LogP contribution in [-0.4, -0.2) is 17.8 Å². The Balaban J connectivity index is 2.55. The Bertz CT molecular complexity index is 301. The van der Waals surface area contributed by atoms with E-state index in [1.54, 1.807) is 0 Å². The van der Waals surface area contributed by atoms with Crippen molar-refractivity contribution in [3.05, 3.63) is 34.3 Å². The van der Waals surface area contributed by atoms with Crippen LogP contribution in [0, 0.1) is 6.92 Å². The molecule has 0 aliphatic heterocycles. The highest BCUT2D eigenvalue weighted by Crippen LogP contribution is 2.17. The Morgan fingerprint density at radius 2 is 2.21 bits per heavy atom. The number of nitrogens with two attached hydrogens (primary N) is 1. The fraction of sp³-hybridized carbons (Fsp3) is 0.455. The summed E-state index contributed by atoms with van der Waals surface area (Å²) in [5, 5.41) is 10.1. The Morgan fingerprint density at radius 1 is 1.50 bits per heavy atom. The van der Waals surface area contributed by atoms with Crippen LogP contribution >= 0.6 is 11.6 Å². The van der Waals surface area contributed by atoms with Crippen LogP contribution in [0.2, 0.25) is 5.02 Å². The summed E-state index contributed by atoms with van der Waals surface area (Å²) in [7, 11) is 0. The number of rotatable bonds is 4. The van der Waals surface area contributed by atoms with Gasteiger partial charge in [0.15, 0.2) is 0 Å². The minimum Gasteiger partial charge on any atom is -0.392 e. The highest BCUT2D eigenvalue weighted by atomic mass is 35.5. The van der Waals surface area contributed by atoms with Gasteiger partial charge < -0.3 is 10.8 Å². The van der Waals surface area contributed by atoms with Gasteiger partial charge in [-0.05, 0) is 37.0 Å². The average molecular weight is 214 g/mol. The van der Waals surface area contributed by atoms with Crippen LogP contribution in [-0.2, 0) is 6.42 Å². The molecule has 0 saturated carbocycles. The molecule has 0 saturated heterocycles. The average Bonchev–Trinajstić information content (AvgIpc) is 2.19. The SMILES string of the molecule is Cc1cc(CCC(O)CN)ccc1Cl. The fourth-order valence-electron chi connectivity index (χ4n) is 1.31. The number of aliphatic hydroxyl groups is 1. The van der Waals surface area contributed by atoms with E-state index >= 15 is 0 Å². The molecule has 0 amide bonds. The normalized spacial score (nSPS) is 12.9. The first-order valence-electron chi connectivity index (χ1n) is 4.76. The van der Waals surface area contributed by atoms with Gasteiger partial charge in [0.1, 0.15) is 0 Å². The standard InChI is InChI=1S/C11H16ClNO/c1-8-6-9(3-5-11(8)12)2-4-10(14)7-13/h3,5-6,10,14H,2,4,7,13H2,1H3. The van der Waals surface area contributed by atoms with Gasteiger partial charge in [0.25, 0.3) is 0 Å². The smallest absolute Gasteiger partial charge is 0.0665 e. The predicted octanol–water partition coefficient (Wildman–Crippen LogP) is 1.90. The zero-order valence-corrected chi connectivity index (χ0v) is 9.09. The maximum atomic E-state index is 9.29. The van der Waals surface area contributed by atoms with Crippen LogP contribution in [0.15, 0.2) is 18.2 Å². The zero-order chi connectivity index (χ0) is 10.6. The highest BCUT2D eigenvalue weighted by Gasteiger charge is 2.02. The molecular weight excluding hydrogens is 198 g/mol. The third kappa shape index (κ3) is 3.29. The van der Waals surface area contributed by atoms with Gasteiger partial charge in [-0.15, -0.1) is 0 Å². The highest BCUT2D eigenvalue weighted by molar-refractivity contribution is 6.31. The van der Waals surface area contributed by atoms with Crippen molar-refractivity contribution in [3.8, 4) is 0 Å². The molecule has 1 atom stereocenters. The van der Waals surface area contributed by atoms with Crippen molar-refractivity contribution >= 4 is 11.6 Å². The molecule has 1 rings (SSSR count). The summed E-state index contributed by atoms with van der Waals surface area (Å²) in [5.41, 5.74) is 7.59. The van der Waals surface area contributed by atoms with E-state index in [9.17, 15) is 5.11 Å². The lowest BCUT2D eigenvalue weighted by atomic mass is 10.0. The van der Waals surface area contributed by atoms with E-state index < -0.39 is 6.10 Å². The molecule has 14 heavy (non-hydrogen) atoms. The molecule has 1 unspecified atom stereocenters. The lowest BCUT2D eigenvalue weighted by molar-refractivity contribution is 0.173. The summed E-state index contributed by atoms with van der Waals surface area (Å²) in [6.45, 7) is 2.30. The van der Waals surface area contributed by atoms with E-state index in [0.29, 0.717) is 13.0 Å². The summed E-state index contributed by atoms with van der Waals surface area (Å²) in [6.07, 6.45) is 1.15. The minimum atomic E-state index is -0.397. The van der Waals surface area contributed by atoms with Crippen molar-refractivity contribution in [1.82, 2.24) is 0 Å². The zero-order valence-electron chi connectivity index (χ0n) is 8.33. The molecule has 0 radical (unpaired) electrons. The van der Waals surface area contributed by atoms with Crippen molar-refractivity contribution in [2.24, 2.45) is 5.73 Å². The first kappa shape index (κ1) is 11.5. The number of aryl methyl sites for hydroxylation is 2. The summed E-state index contributed by atoms with van der Waals surface area (Å²) < 4.78 is 0. The molecule has 0 heterocycles. The Hall–Kier alpha value is -0.570. The predicted molar refractivity (Wildman–Crippen MR) is 59.6 cm³/mol. The molecule has 2 nitrogen and oxygen atoms in total. The second-order valence-corrected chi connectivity index (χ2v) is 3.92. The van der Waals surface area contributed by atoms with E-state index in [1.165, 1.54) is 5.56 Å². The number of halogens is 1. The molecule has 0 aliphatic carbocycles. The number of hydrogen-bond donors (Lipinski definition) is 2. The molecule has 0 aliphatic rings. The molecule has 3 heteroatoms. The topological polar surface area (TPSA) is 46.2 Å². The summed E-state index contributed by atoms with van der Waals surface area (Å²) in [6, 6.07) is 5.92. The molecule has 0 spiro atoms. The Morgan fingerprint density at radius 3 is 2.79 bits per heavy atom. The maximum absolute atomic E-state index is 9.29. The van der Waals surface area contributed by atoms with Gasteiger partial charge in [-0.2, -0.15) is 0 Å². The summed E-state index contributed by atoms with van der Waals surface area (Å²) >= 11 is 5.90. The van der Waals surface area contributed by atoms with Crippen molar-refractivity contribution < 1.29 is 5.11 Å². The van der Waals surface area contributed by atoms with Crippen molar-refractivity contribution in [1.29, 1.82) is 0 Å². The molecule has 3 N–H and O–H groups in total. The van der Waals surface area contributed by atoms with E-state index in [2.05, 4.69) is 0 Å². The molecule has 1 aromatic rings. The van der Waals surface area contributed by atoms with Crippen LogP contribution in [0.1, 0.15) is 17.5 Å². The van der Waals surface area contributed by atoms with Crippen molar-refractivity contribution in [2.75, 3.05) is 6.54 Å². The van der Waals surface area contributed by atoms with Crippen LogP contribution < -0.4 is 5.73 Å². The van der Waals surface area contributed by atoms with Gasteiger partial charge in [-0.25, -0.2) is 0 Å². The van der Waals surface area contributed by atoms with Crippen molar-refractivity contribution in [3.63, 3.8) is 0 Å². The monoisotopic (exact) mass is 213 g/mol. The van der Waals surface area contributed by atoms with Crippen LogP contribution in [0.5, 0.6) is 0 Å². The minimum absolute atomic E-state index is 0.326. The third-order valence-corrected chi connectivity index (χ3v) is 2.68. The lowest BCUT2D eigenvalue weighted by Gasteiger charge is -2.08. The molecule has 0 bridgehead atoms. The molecule has 1 aromatic carbocycles. The fourth-order valence-corrected chi connectivity index (χ4v) is 1.43. The molecular formula is C11H16ClNO. The Kier molecular flexibility index (Phi) is 4.39. The third-order valence-electron chi connectivity index (χ3n) is 2.26. The summed E-state index contributed by atoms with van der Waals surface area (Å²) in [5.74, 6) is 0. The Labute approximate surface area is 89.7 Å². The first-order chi connectivity index (χ1) is 6.63. The first-order valence-corrected chi connectivity index (χ1v) is 5.14. The van der Waals surface area contributed by atoms with Crippen LogP contribution in [0.3, 0.4) is 0 Å². The van der Waals surface area contributed by atoms with Gasteiger partial charge in [0, 0.05) is 11.6 Å². The van der Waals surface area contributed by atoms with Gasteiger partial charge in [-0.1, -0.05) is 23.7 Å². The van der Waals surface area contributed by atoms with E-state index in [0.717, 1.165) is 17.0 Å². The van der Waals surface area contributed by atoms with Crippen LogP contribution in [0.4, 0.5) is 0 Å². The van der Waals surface area contributed by atoms with E-state index in [4.69, 9.17) is 17.3 Å². The lowest BCUT2D eigenvalue weighted by Crippen LogP contribution is -2.20. The quantitative estimate of drug-likeness (QED) is 0.803. The second kappa shape index (κ2) is 5.35. The van der Waals surface area contributed by atoms with E-state index in [-0.39, 0.29) is 0 Å². The number of aliphatic hydroxyl groups excluding tert-OH is 1. The van der Waals surface area contributed by atoms with Gasteiger partial charge >= 0.3 is 0 Å². The molecule has 78 valence electrons. The van der Waals surface area contributed by atoms with Crippen molar-refractivity contribution in [2.45, 2.75) is 25.9 Å². The van der Waals surface area contributed by atoms with Gasteiger partial charge in [0.2, 0.25) is 0 Å². The number of hydrogen-bond acceptors (Lipinski definition) is 2. The molecule has 0 fully saturated rings. The maximum Gasteiger partial charge on any atom is 0.0665 e. The number of benzene rings is 1. The second-order valence-electron chi connectivity index (χ2n) is 3.51.